The molecule has 1 atom stereocenters. The Morgan fingerprint density at radius 1 is 1.25 bits per heavy atom. The zero-order chi connectivity index (χ0) is 12.1. The lowest BCUT2D eigenvalue weighted by Gasteiger charge is -2.11. The highest BCUT2D eigenvalue weighted by molar-refractivity contribution is 9.09. The van der Waals surface area contributed by atoms with E-state index >= 15 is 0 Å². The maximum atomic E-state index is 11.3. The number of hydrogen-bond donors (Lipinski definition) is 0. The first-order valence-electron chi connectivity index (χ1n) is 5.03. The molecule has 0 aromatic heterocycles. The van der Waals surface area contributed by atoms with E-state index in [-0.39, 0.29) is 12.1 Å². The molecule has 4 heteroatoms. The van der Waals surface area contributed by atoms with E-state index in [0.717, 1.165) is 11.3 Å². The van der Waals surface area contributed by atoms with Crippen LogP contribution in [0.25, 0.3) is 0 Å². The molecule has 0 spiro atoms. The number of methoxy groups -OCH3 is 1. The number of hydrogen-bond acceptors (Lipinski definition) is 3. The maximum Gasteiger partial charge on any atom is 0.323 e. The van der Waals surface area contributed by atoms with Crippen molar-refractivity contribution in [3.63, 3.8) is 0 Å². The van der Waals surface area contributed by atoms with Gasteiger partial charge in [-0.25, -0.2) is 0 Å². The van der Waals surface area contributed by atoms with Crippen LogP contribution >= 0.6 is 15.9 Å². The molecule has 0 aliphatic carbocycles. The third-order valence-electron chi connectivity index (χ3n) is 1.95. The zero-order valence-corrected chi connectivity index (χ0v) is 11.2. The molecule has 3 nitrogen and oxygen atoms in total. The summed E-state index contributed by atoms with van der Waals surface area (Å²) in [5.74, 6) is 0.487. The predicted octanol–water partition coefficient (Wildman–Crippen LogP) is 3.08. The van der Waals surface area contributed by atoms with Gasteiger partial charge < -0.3 is 9.47 Å². The molecule has 0 aliphatic heterocycles. The summed E-state index contributed by atoms with van der Waals surface area (Å²) in [6.45, 7) is 3.94. The van der Waals surface area contributed by atoms with Crippen molar-refractivity contribution in [3.8, 4) is 5.75 Å². The Balaban J connectivity index is 2.74. The van der Waals surface area contributed by atoms with Crippen molar-refractivity contribution in [2.24, 2.45) is 0 Å². The summed E-state index contributed by atoms with van der Waals surface area (Å²) in [5, 5.41) is 0. The second kappa shape index (κ2) is 5.89. The van der Waals surface area contributed by atoms with E-state index < -0.39 is 4.83 Å². The third-order valence-corrected chi connectivity index (χ3v) is 2.86. The van der Waals surface area contributed by atoms with Crippen LogP contribution in [0.3, 0.4) is 0 Å². The van der Waals surface area contributed by atoms with E-state index in [0.29, 0.717) is 0 Å². The Bertz CT molecular complexity index is 346. The quantitative estimate of drug-likeness (QED) is 0.630. The van der Waals surface area contributed by atoms with Gasteiger partial charge in [-0.2, -0.15) is 0 Å². The minimum absolute atomic E-state index is 0.145. The van der Waals surface area contributed by atoms with E-state index in [2.05, 4.69) is 20.7 Å². The fraction of sp³-hybridized carbons (Fsp3) is 0.417. The highest BCUT2D eigenvalue weighted by atomic mass is 79.9. The summed E-state index contributed by atoms with van der Waals surface area (Å²) in [5.41, 5.74) is 0.850. The Morgan fingerprint density at radius 3 is 2.25 bits per heavy atom. The lowest BCUT2D eigenvalue weighted by atomic mass is 10.1. The highest BCUT2D eigenvalue weighted by Gasteiger charge is 2.17. The molecule has 0 N–H and O–H groups in total. The predicted molar refractivity (Wildman–Crippen MR) is 65.9 cm³/mol. The zero-order valence-electron chi connectivity index (χ0n) is 9.57. The van der Waals surface area contributed by atoms with E-state index in [1.54, 1.807) is 0 Å². The lowest BCUT2D eigenvalue weighted by molar-refractivity contribution is -0.139. The van der Waals surface area contributed by atoms with Crippen molar-refractivity contribution < 1.29 is 14.3 Å². The molecule has 1 aromatic carbocycles. The normalized spacial score (nSPS) is 12.3. The fourth-order valence-electron chi connectivity index (χ4n) is 1.23. The van der Waals surface area contributed by atoms with Gasteiger partial charge >= 0.3 is 5.97 Å². The van der Waals surface area contributed by atoms with E-state index in [4.69, 9.17) is 4.74 Å². The molecule has 1 rings (SSSR count). The van der Waals surface area contributed by atoms with Crippen molar-refractivity contribution in [2.75, 3.05) is 7.11 Å². The molecule has 0 saturated heterocycles. The Morgan fingerprint density at radius 2 is 1.81 bits per heavy atom. The van der Waals surface area contributed by atoms with Crippen LogP contribution < -0.4 is 4.74 Å². The van der Waals surface area contributed by atoms with Crippen molar-refractivity contribution >= 4 is 21.9 Å². The Kier molecular flexibility index (Phi) is 4.80. The molecule has 0 saturated carbocycles. The summed E-state index contributed by atoms with van der Waals surface area (Å²) < 4.78 is 10.1. The minimum Gasteiger partial charge on any atom is -0.491 e. The van der Waals surface area contributed by atoms with Gasteiger partial charge in [0.2, 0.25) is 0 Å². The van der Waals surface area contributed by atoms with E-state index in [9.17, 15) is 4.79 Å². The molecule has 1 aromatic rings. The number of halogens is 1. The minimum atomic E-state index is -0.425. The van der Waals surface area contributed by atoms with Crippen LogP contribution in [-0.2, 0) is 9.53 Å². The van der Waals surface area contributed by atoms with Crippen LogP contribution in [0.1, 0.15) is 24.2 Å². The van der Waals surface area contributed by atoms with Crippen molar-refractivity contribution in [1.29, 1.82) is 0 Å². The number of carbonyl (C=O) groups excluding carboxylic acids is 1. The van der Waals surface area contributed by atoms with Crippen LogP contribution in [0.15, 0.2) is 24.3 Å². The summed E-state index contributed by atoms with van der Waals surface area (Å²) in [6.07, 6.45) is 0.145. The van der Waals surface area contributed by atoms with Gasteiger partial charge in [-0.3, -0.25) is 4.79 Å². The standard InChI is InChI=1S/C12H15BrO3/c1-8(2)16-10-6-4-9(5-7-10)11(13)12(14)15-3/h4-8,11H,1-3H3/t11-/m0/s1. The number of ether oxygens (including phenoxy) is 2. The van der Waals surface area contributed by atoms with Crippen LogP contribution in [0.4, 0.5) is 0 Å². The number of carbonyl (C=O) groups is 1. The van der Waals surface area contributed by atoms with Crippen LogP contribution in [0.2, 0.25) is 0 Å². The topological polar surface area (TPSA) is 35.5 Å². The summed E-state index contributed by atoms with van der Waals surface area (Å²) >= 11 is 3.27. The first-order chi connectivity index (χ1) is 7.54. The SMILES string of the molecule is COC(=O)[C@@H](Br)c1ccc(OC(C)C)cc1. The molecule has 16 heavy (non-hydrogen) atoms. The summed E-state index contributed by atoms with van der Waals surface area (Å²) in [7, 11) is 1.37. The second-order valence-corrected chi connectivity index (χ2v) is 4.54. The number of benzene rings is 1. The van der Waals surface area contributed by atoms with Crippen LogP contribution in [-0.4, -0.2) is 19.2 Å². The maximum absolute atomic E-state index is 11.3. The molecule has 0 radical (unpaired) electrons. The lowest BCUT2D eigenvalue weighted by Crippen LogP contribution is -2.08. The average molecular weight is 287 g/mol. The molecular formula is C12H15BrO3. The molecule has 0 heterocycles. The van der Waals surface area contributed by atoms with Gasteiger partial charge in [0.25, 0.3) is 0 Å². The molecule has 0 bridgehead atoms. The second-order valence-electron chi connectivity index (χ2n) is 3.62. The molecular weight excluding hydrogens is 272 g/mol. The smallest absolute Gasteiger partial charge is 0.323 e. The van der Waals surface area contributed by atoms with Gasteiger partial charge in [-0.1, -0.05) is 28.1 Å². The van der Waals surface area contributed by atoms with Crippen LogP contribution in [0.5, 0.6) is 5.75 Å². The third kappa shape index (κ3) is 3.52. The van der Waals surface area contributed by atoms with Gasteiger partial charge in [-0.05, 0) is 31.5 Å². The van der Waals surface area contributed by atoms with Crippen molar-refractivity contribution in [2.45, 2.75) is 24.8 Å². The molecule has 0 aliphatic rings. The van der Waals surface area contributed by atoms with Gasteiger partial charge in [0.15, 0.2) is 0 Å². The van der Waals surface area contributed by atoms with E-state index in [1.807, 2.05) is 38.1 Å². The first-order valence-corrected chi connectivity index (χ1v) is 5.94. The first kappa shape index (κ1) is 13.0. The van der Waals surface area contributed by atoms with Gasteiger partial charge in [0, 0.05) is 0 Å². The number of rotatable bonds is 4. The van der Waals surface area contributed by atoms with Crippen molar-refractivity contribution in [3.05, 3.63) is 29.8 Å². The van der Waals surface area contributed by atoms with Gasteiger partial charge in [0.1, 0.15) is 10.6 Å². The average Bonchev–Trinajstić information content (AvgIpc) is 2.27. The fourth-order valence-corrected chi connectivity index (χ4v) is 1.72. The summed E-state index contributed by atoms with van der Waals surface area (Å²) in [6, 6.07) is 7.36. The largest absolute Gasteiger partial charge is 0.491 e. The number of alkyl halides is 1. The number of esters is 1. The Labute approximate surface area is 104 Å². The van der Waals surface area contributed by atoms with Crippen molar-refractivity contribution in [1.82, 2.24) is 0 Å². The van der Waals surface area contributed by atoms with Crippen LogP contribution in [0, 0.1) is 0 Å². The van der Waals surface area contributed by atoms with Gasteiger partial charge in [-0.15, -0.1) is 0 Å². The monoisotopic (exact) mass is 286 g/mol. The molecule has 88 valence electrons. The molecule has 0 unspecified atom stereocenters. The molecule has 0 amide bonds. The highest BCUT2D eigenvalue weighted by Crippen LogP contribution is 2.26. The van der Waals surface area contributed by atoms with E-state index in [1.165, 1.54) is 7.11 Å². The molecule has 0 fully saturated rings. The van der Waals surface area contributed by atoms with Gasteiger partial charge in [0.05, 0.1) is 13.2 Å². The Hall–Kier alpha value is -1.03. The summed E-state index contributed by atoms with van der Waals surface area (Å²) in [4.78, 5) is 10.8.